The number of carboxylic acids is 1. The van der Waals surface area contributed by atoms with E-state index in [-0.39, 0.29) is 11.8 Å². The third kappa shape index (κ3) is 5.68. The number of nitrogens with one attached hydrogen (secondary N) is 1. The molecule has 0 heterocycles. The van der Waals surface area contributed by atoms with E-state index in [0.717, 1.165) is 0 Å². The fraction of sp³-hybridized carbons (Fsp3) is 0.833. The third-order valence-corrected chi connectivity index (χ3v) is 2.77. The summed E-state index contributed by atoms with van der Waals surface area (Å²) in [4.78, 5) is 22.6. The molecule has 0 aromatic carbocycles. The van der Waals surface area contributed by atoms with Crippen molar-refractivity contribution in [2.75, 3.05) is 0 Å². The molecule has 5 nitrogen and oxygen atoms in total. The summed E-state index contributed by atoms with van der Waals surface area (Å²) < 4.78 is 0. The molecule has 0 aromatic rings. The molecule has 100 valence electrons. The van der Waals surface area contributed by atoms with Gasteiger partial charge in [0, 0.05) is 0 Å². The quantitative estimate of drug-likeness (QED) is 0.624. The molecule has 0 saturated heterocycles. The predicted molar refractivity (Wildman–Crippen MR) is 64.5 cm³/mol. The highest BCUT2D eigenvalue weighted by Gasteiger charge is 2.27. The van der Waals surface area contributed by atoms with Crippen LogP contribution in [0.1, 0.15) is 40.5 Å². The summed E-state index contributed by atoms with van der Waals surface area (Å²) >= 11 is 0. The first-order chi connectivity index (χ1) is 7.79. The van der Waals surface area contributed by atoms with Crippen LogP contribution in [-0.2, 0) is 9.59 Å². The van der Waals surface area contributed by atoms with Gasteiger partial charge in [-0.1, -0.05) is 34.1 Å². The summed E-state index contributed by atoms with van der Waals surface area (Å²) in [6, 6.07) is -0.936. The summed E-state index contributed by atoms with van der Waals surface area (Å²) in [7, 11) is 0. The van der Waals surface area contributed by atoms with E-state index in [9.17, 15) is 14.7 Å². The minimum Gasteiger partial charge on any atom is -0.480 e. The van der Waals surface area contributed by atoms with Gasteiger partial charge in [0.15, 0.2) is 0 Å². The van der Waals surface area contributed by atoms with Gasteiger partial charge in [-0.05, 0) is 18.3 Å². The van der Waals surface area contributed by atoms with E-state index < -0.39 is 24.0 Å². The monoisotopic (exact) mass is 245 g/mol. The molecule has 1 unspecified atom stereocenters. The molecule has 0 aliphatic rings. The van der Waals surface area contributed by atoms with Gasteiger partial charge >= 0.3 is 5.97 Å². The first-order valence-corrected chi connectivity index (χ1v) is 6.00. The van der Waals surface area contributed by atoms with Crippen molar-refractivity contribution in [3.8, 4) is 0 Å². The van der Waals surface area contributed by atoms with Gasteiger partial charge in [0.2, 0.25) is 5.91 Å². The van der Waals surface area contributed by atoms with Gasteiger partial charge < -0.3 is 15.5 Å². The molecule has 17 heavy (non-hydrogen) atoms. The molecule has 0 saturated carbocycles. The lowest BCUT2D eigenvalue weighted by Crippen LogP contribution is -2.48. The molecule has 0 radical (unpaired) electrons. The highest BCUT2D eigenvalue weighted by Crippen LogP contribution is 2.10. The molecule has 0 rings (SSSR count). The van der Waals surface area contributed by atoms with Crippen LogP contribution >= 0.6 is 0 Å². The molecule has 0 aliphatic heterocycles. The van der Waals surface area contributed by atoms with Crippen LogP contribution in [0.25, 0.3) is 0 Å². The number of aliphatic carboxylic acids is 1. The van der Waals surface area contributed by atoms with Crippen molar-refractivity contribution in [1.82, 2.24) is 5.32 Å². The molecular formula is C12H23NO4. The Hall–Kier alpha value is -1.10. The van der Waals surface area contributed by atoms with Crippen molar-refractivity contribution in [3.63, 3.8) is 0 Å². The Balaban J connectivity index is 4.45. The Morgan fingerprint density at radius 1 is 1.24 bits per heavy atom. The van der Waals surface area contributed by atoms with Crippen molar-refractivity contribution in [2.24, 2.45) is 11.8 Å². The minimum absolute atomic E-state index is 0.164. The third-order valence-electron chi connectivity index (χ3n) is 2.77. The fourth-order valence-electron chi connectivity index (χ4n) is 1.49. The Bertz CT molecular complexity index is 265. The number of aliphatic hydroxyl groups excluding tert-OH is 1. The first kappa shape index (κ1) is 15.9. The molecule has 1 amide bonds. The highest BCUT2D eigenvalue weighted by molar-refractivity contribution is 5.86. The fourth-order valence-corrected chi connectivity index (χ4v) is 1.49. The molecule has 3 N–H and O–H groups in total. The smallest absolute Gasteiger partial charge is 0.326 e. The largest absolute Gasteiger partial charge is 0.480 e. The second-order valence-electron chi connectivity index (χ2n) is 4.86. The molecule has 0 fully saturated rings. The number of hydrogen-bond acceptors (Lipinski definition) is 3. The van der Waals surface area contributed by atoms with Gasteiger partial charge in [0.05, 0.1) is 0 Å². The maximum atomic E-state index is 11.6. The average Bonchev–Trinajstić information content (AvgIpc) is 2.22. The molecular weight excluding hydrogens is 222 g/mol. The van der Waals surface area contributed by atoms with E-state index in [2.05, 4.69) is 5.32 Å². The number of carboxylic acid groups (broad SMARTS) is 1. The van der Waals surface area contributed by atoms with Crippen molar-refractivity contribution >= 4 is 11.9 Å². The Labute approximate surface area is 102 Å². The number of amides is 1. The molecule has 0 aliphatic carbocycles. The summed E-state index contributed by atoms with van der Waals surface area (Å²) in [5.41, 5.74) is 0. The van der Waals surface area contributed by atoms with Crippen molar-refractivity contribution in [1.29, 1.82) is 0 Å². The lowest BCUT2D eigenvalue weighted by molar-refractivity contribution is -0.145. The van der Waals surface area contributed by atoms with Crippen molar-refractivity contribution < 1.29 is 19.8 Å². The lowest BCUT2D eigenvalue weighted by atomic mass is 9.98. The maximum Gasteiger partial charge on any atom is 0.326 e. The molecule has 0 spiro atoms. The minimum atomic E-state index is -1.14. The van der Waals surface area contributed by atoms with E-state index in [0.29, 0.717) is 12.8 Å². The van der Waals surface area contributed by atoms with Gasteiger partial charge in [-0.25, -0.2) is 4.79 Å². The zero-order valence-corrected chi connectivity index (χ0v) is 10.9. The van der Waals surface area contributed by atoms with E-state index in [4.69, 9.17) is 5.11 Å². The molecule has 0 bridgehead atoms. The van der Waals surface area contributed by atoms with Crippen LogP contribution in [0.2, 0.25) is 0 Å². The standard InChI is InChI=1S/C12H23NO4/c1-5-8(4)10(12(16)17)13-11(15)9(14)6-7(2)3/h7-10,14H,5-6H2,1-4H3,(H,13,15)(H,16,17)/t8-,9?,10-/m0/s1. The number of carbonyl (C=O) groups excluding carboxylic acids is 1. The summed E-state index contributed by atoms with van der Waals surface area (Å²) in [5, 5.41) is 20.9. The number of carbonyl (C=O) groups is 2. The average molecular weight is 245 g/mol. The Kier molecular flexibility index (Phi) is 6.80. The van der Waals surface area contributed by atoms with Crippen LogP contribution in [0.15, 0.2) is 0 Å². The van der Waals surface area contributed by atoms with E-state index >= 15 is 0 Å². The van der Waals surface area contributed by atoms with Gasteiger partial charge in [-0.3, -0.25) is 4.79 Å². The number of aliphatic hydroxyl groups is 1. The topological polar surface area (TPSA) is 86.6 Å². The zero-order chi connectivity index (χ0) is 13.6. The lowest BCUT2D eigenvalue weighted by Gasteiger charge is -2.22. The summed E-state index contributed by atoms with van der Waals surface area (Å²) in [5.74, 6) is -1.65. The Morgan fingerprint density at radius 2 is 1.76 bits per heavy atom. The van der Waals surface area contributed by atoms with Gasteiger partial charge in [-0.2, -0.15) is 0 Å². The SMILES string of the molecule is CC[C@H](C)[C@H](NC(=O)C(O)CC(C)C)C(=O)O. The second kappa shape index (κ2) is 7.27. The highest BCUT2D eigenvalue weighted by atomic mass is 16.4. The number of hydrogen-bond donors (Lipinski definition) is 3. The van der Waals surface area contributed by atoms with Crippen LogP contribution in [-0.4, -0.2) is 34.2 Å². The van der Waals surface area contributed by atoms with Gasteiger partial charge in [0.1, 0.15) is 12.1 Å². The second-order valence-corrected chi connectivity index (χ2v) is 4.86. The zero-order valence-electron chi connectivity index (χ0n) is 10.9. The predicted octanol–water partition coefficient (Wildman–Crippen LogP) is 1.01. The maximum absolute atomic E-state index is 11.6. The van der Waals surface area contributed by atoms with Crippen LogP contribution in [0, 0.1) is 11.8 Å². The number of rotatable bonds is 7. The normalized spacial score (nSPS) is 16.4. The molecule has 0 aromatic heterocycles. The van der Waals surface area contributed by atoms with Gasteiger partial charge in [0.25, 0.3) is 0 Å². The molecule has 3 atom stereocenters. The van der Waals surface area contributed by atoms with E-state index in [1.54, 1.807) is 6.92 Å². The van der Waals surface area contributed by atoms with Crippen LogP contribution in [0.4, 0.5) is 0 Å². The van der Waals surface area contributed by atoms with E-state index in [1.807, 2.05) is 20.8 Å². The Morgan fingerprint density at radius 3 is 2.12 bits per heavy atom. The van der Waals surface area contributed by atoms with Crippen LogP contribution in [0.5, 0.6) is 0 Å². The first-order valence-electron chi connectivity index (χ1n) is 6.00. The van der Waals surface area contributed by atoms with Crippen LogP contribution in [0.3, 0.4) is 0 Å². The van der Waals surface area contributed by atoms with Crippen molar-refractivity contribution in [3.05, 3.63) is 0 Å². The van der Waals surface area contributed by atoms with E-state index in [1.165, 1.54) is 0 Å². The van der Waals surface area contributed by atoms with Gasteiger partial charge in [-0.15, -0.1) is 0 Å². The van der Waals surface area contributed by atoms with Crippen LogP contribution < -0.4 is 5.32 Å². The summed E-state index contributed by atoms with van der Waals surface area (Å²) in [6.45, 7) is 7.39. The molecule has 5 heteroatoms. The summed E-state index contributed by atoms with van der Waals surface area (Å²) in [6.07, 6.45) is -0.156. The van der Waals surface area contributed by atoms with Crippen molar-refractivity contribution in [2.45, 2.75) is 52.7 Å².